The Morgan fingerprint density at radius 3 is 2.48 bits per heavy atom. The topological polar surface area (TPSA) is 59.8 Å². The van der Waals surface area contributed by atoms with Gasteiger partial charge in [-0.05, 0) is 55.1 Å². The molecule has 0 aliphatic carbocycles. The molecule has 0 unspecified atom stereocenters. The second-order valence-electron chi connectivity index (χ2n) is 5.44. The highest BCUT2D eigenvalue weighted by molar-refractivity contribution is 7.98. The molecule has 7 heteroatoms. The highest BCUT2D eigenvalue weighted by Crippen LogP contribution is 2.16. The van der Waals surface area contributed by atoms with E-state index in [0.717, 1.165) is 11.3 Å². The minimum Gasteiger partial charge on any atom is -0.347 e. The third kappa shape index (κ3) is 4.03. The lowest BCUT2D eigenvalue weighted by Crippen LogP contribution is -2.24. The smallest absolute Gasteiger partial charge is 0.274 e. The van der Waals surface area contributed by atoms with Crippen LogP contribution in [0.4, 0.5) is 0 Å². The minimum absolute atomic E-state index is 0.244. The Labute approximate surface area is 155 Å². The van der Waals surface area contributed by atoms with Crippen molar-refractivity contribution in [1.82, 2.24) is 20.3 Å². The van der Waals surface area contributed by atoms with Gasteiger partial charge in [0.25, 0.3) is 5.91 Å². The van der Waals surface area contributed by atoms with Crippen molar-refractivity contribution in [3.8, 4) is 5.69 Å². The molecule has 25 heavy (non-hydrogen) atoms. The Balaban J connectivity index is 1.71. The van der Waals surface area contributed by atoms with Crippen LogP contribution in [0.3, 0.4) is 0 Å². The number of carbonyl (C=O) groups excluding carboxylic acids is 1. The minimum atomic E-state index is -0.244. The number of aromatic nitrogens is 3. The van der Waals surface area contributed by atoms with Crippen molar-refractivity contribution in [2.24, 2.45) is 0 Å². The molecule has 0 spiro atoms. The van der Waals surface area contributed by atoms with Crippen LogP contribution < -0.4 is 5.32 Å². The summed E-state index contributed by atoms with van der Waals surface area (Å²) in [5, 5.41) is 11.6. The Morgan fingerprint density at radius 1 is 1.16 bits per heavy atom. The number of nitrogens with one attached hydrogen (secondary N) is 1. The number of hydrogen-bond donors (Lipinski definition) is 1. The van der Waals surface area contributed by atoms with Crippen LogP contribution in [0.5, 0.6) is 0 Å². The van der Waals surface area contributed by atoms with Gasteiger partial charge in [-0.25, -0.2) is 4.68 Å². The van der Waals surface area contributed by atoms with Crippen LogP contribution in [0, 0.1) is 6.92 Å². The molecule has 0 bridgehead atoms. The second-order valence-corrected chi connectivity index (χ2v) is 6.76. The number of nitrogens with zero attached hydrogens (tertiary/aromatic N) is 3. The summed E-state index contributed by atoms with van der Waals surface area (Å²) in [6.07, 6.45) is 2.03. The molecule has 0 atom stereocenters. The van der Waals surface area contributed by atoms with Crippen LogP contribution in [0.2, 0.25) is 5.02 Å². The zero-order valence-corrected chi connectivity index (χ0v) is 15.4. The molecule has 3 aromatic rings. The average molecular weight is 373 g/mol. The molecule has 1 amide bonds. The molecule has 0 saturated carbocycles. The van der Waals surface area contributed by atoms with Crippen molar-refractivity contribution >= 4 is 29.3 Å². The van der Waals surface area contributed by atoms with Crippen molar-refractivity contribution in [2.75, 3.05) is 6.26 Å². The Morgan fingerprint density at radius 2 is 1.84 bits per heavy atom. The highest BCUT2D eigenvalue weighted by atomic mass is 35.5. The number of halogens is 1. The second kappa shape index (κ2) is 7.72. The normalized spacial score (nSPS) is 10.7. The predicted octanol–water partition coefficient (Wildman–Crippen LogP) is 3.88. The van der Waals surface area contributed by atoms with Gasteiger partial charge >= 0.3 is 0 Å². The van der Waals surface area contributed by atoms with Gasteiger partial charge in [-0.3, -0.25) is 4.79 Å². The summed E-state index contributed by atoms with van der Waals surface area (Å²) in [5.74, 6) is -0.244. The molecular formula is C18H17ClN4OS. The number of hydrogen-bond acceptors (Lipinski definition) is 4. The quantitative estimate of drug-likeness (QED) is 0.690. The first-order valence-corrected chi connectivity index (χ1v) is 9.28. The van der Waals surface area contributed by atoms with E-state index in [1.807, 2.05) is 49.6 Å². The van der Waals surface area contributed by atoms with E-state index < -0.39 is 0 Å². The monoisotopic (exact) mass is 372 g/mol. The van der Waals surface area contributed by atoms with E-state index in [0.29, 0.717) is 23.0 Å². The lowest BCUT2D eigenvalue weighted by Gasteiger charge is -2.06. The van der Waals surface area contributed by atoms with Crippen LogP contribution in [-0.2, 0) is 6.54 Å². The van der Waals surface area contributed by atoms with Crippen LogP contribution in [0.25, 0.3) is 5.69 Å². The molecule has 1 aromatic heterocycles. The highest BCUT2D eigenvalue weighted by Gasteiger charge is 2.17. The first-order chi connectivity index (χ1) is 12.1. The summed E-state index contributed by atoms with van der Waals surface area (Å²) < 4.78 is 1.62. The van der Waals surface area contributed by atoms with Crippen molar-refractivity contribution in [1.29, 1.82) is 0 Å². The number of carbonyl (C=O) groups is 1. The van der Waals surface area contributed by atoms with Gasteiger partial charge < -0.3 is 5.32 Å². The molecule has 0 aliphatic rings. The number of thioether (sulfide) groups is 1. The zero-order chi connectivity index (χ0) is 17.8. The fourth-order valence-electron chi connectivity index (χ4n) is 2.38. The third-order valence-electron chi connectivity index (χ3n) is 3.79. The van der Waals surface area contributed by atoms with Gasteiger partial charge in [0.15, 0.2) is 5.69 Å². The summed E-state index contributed by atoms with van der Waals surface area (Å²) in [7, 11) is 0. The first-order valence-electron chi connectivity index (χ1n) is 7.68. The standard InChI is InChI=1S/C18H17ClN4OS/c1-12-17(21-22-23(12)15-7-5-14(19)6-8-15)18(24)20-11-13-3-9-16(25-2)10-4-13/h3-10H,11H2,1-2H3,(H,20,24). The maximum atomic E-state index is 12.4. The Bertz CT molecular complexity index is 875. The molecule has 0 aliphatic heterocycles. The predicted molar refractivity (Wildman–Crippen MR) is 100 cm³/mol. The van der Waals surface area contributed by atoms with Crippen LogP contribution >= 0.6 is 23.4 Å². The van der Waals surface area contributed by atoms with E-state index in [-0.39, 0.29) is 5.91 Å². The summed E-state index contributed by atoms with van der Waals surface area (Å²) in [6, 6.07) is 15.3. The van der Waals surface area contributed by atoms with E-state index in [1.165, 1.54) is 4.90 Å². The van der Waals surface area contributed by atoms with Crippen LogP contribution in [-0.4, -0.2) is 27.2 Å². The van der Waals surface area contributed by atoms with Gasteiger partial charge in [-0.2, -0.15) is 0 Å². The first kappa shape index (κ1) is 17.5. The lowest BCUT2D eigenvalue weighted by atomic mass is 10.2. The van der Waals surface area contributed by atoms with Gasteiger partial charge in [0.1, 0.15) is 0 Å². The fraction of sp³-hybridized carbons (Fsp3) is 0.167. The van der Waals surface area contributed by atoms with Gasteiger partial charge in [-0.15, -0.1) is 16.9 Å². The van der Waals surface area contributed by atoms with E-state index in [4.69, 9.17) is 11.6 Å². The van der Waals surface area contributed by atoms with Crippen LogP contribution in [0.15, 0.2) is 53.4 Å². The molecule has 5 nitrogen and oxygen atoms in total. The molecule has 128 valence electrons. The summed E-state index contributed by atoms with van der Waals surface area (Å²) in [6.45, 7) is 2.26. The van der Waals surface area contributed by atoms with E-state index in [2.05, 4.69) is 15.6 Å². The fourth-order valence-corrected chi connectivity index (χ4v) is 2.91. The molecule has 2 aromatic carbocycles. The maximum absolute atomic E-state index is 12.4. The summed E-state index contributed by atoms with van der Waals surface area (Å²) in [5.41, 5.74) is 2.84. The van der Waals surface area contributed by atoms with E-state index in [9.17, 15) is 4.79 Å². The number of rotatable bonds is 5. The SMILES string of the molecule is CSc1ccc(CNC(=O)c2nnn(-c3ccc(Cl)cc3)c2C)cc1. The van der Waals surface area contributed by atoms with Crippen LogP contribution in [0.1, 0.15) is 21.7 Å². The van der Waals surface area contributed by atoms with Crippen molar-refractivity contribution < 1.29 is 4.79 Å². The molecule has 1 N–H and O–H groups in total. The maximum Gasteiger partial charge on any atom is 0.274 e. The molecular weight excluding hydrogens is 356 g/mol. The molecule has 0 saturated heterocycles. The van der Waals surface area contributed by atoms with Crippen molar-refractivity contribution in [3.63, 3.8) is 0 Å². The average Bonchev–Trinajstić information content (AvgIpc) is 3.02. The largest absolute Gasteiger partial charge is 0.347 e. The summed E-state index contributed by atoms with van der Waals surface area (Å²) >= 11 is 7.59. The Hall–Kier alpha value is -2.31. The summed E-state index contributed by atoms with van der Waals surface area (Å²) in [4.78, 5) is 13.6. The van der Waals surface area contributed by atoms with Gasteiger partial charge in [0, 0.05) is 16.5 Å². The van der Waals surface area contributed by atoms with Crippen molar-refractivity contribution in [2.45, 2.75) is 18.4 Å². The van der Waals surface area contributed by atoms with Crippen molar-refractivity contribution in [3.05, 3.63) is 70.5 Å². The van der Waals surface area contributed by atoms with E-state index in [1.54, 1.807) is 28.6 Å². The number of amides is 1. The lowest BCUT2D eigenvalue weighted by molar-refractivity contribution is 0.0945. The van der Waals surface area contributed by atoms with Gasteiger partial charge in [-0.1, -0.05) is 28.9 Å². The number of benzene rings is 2. The van der Waals surface area contributed by atoms with E-state index >= 15 is 0 Å². The third-order valence-corrected chi connectivity index (χ3v) is 4.79. The van der Waals surface area contributed by atoms with Gasteiger partial charge in [0.2, 0.25) is 0 Å². The Kier molecular flexibility index (Phi) is 5.40. The zero-order valence-electron chi connectivity index (χ0n) is 13.9. The molecule has 0 fully saturated rings. The molecule has 1 heterocycles. The van der Waals surface area contributed by atoms with Gasteiger partial charge in [0.05, 0.1) is 11.4 Å². The molecule has 0 radical (unpaired) electrons. The molecule has 3 rings (SSSR count).